The van der Waals surface area contributed by atoms with Crippen LogP contribution in [0.1, 0.15) is 12.5 Å². The number of benzene rings is 4. The molecule has 150 valence electrons. The average molecular weight is 414 g/mol. The fraction of sp³-hybridized carbons (Fsp3) is 0.115. The van der Waals surface area contributed by atoms with E-state index in [0.717, 1.165) is 22.2 Å². The molecule has 0 radical (unpaired) electrons. The van der Waals surface area contributed by atoms with Crippen LogP contribution in [0.3, 0.4) is 0 Å². The average Bonchev–Trinajstić information content (AvgIpc) is 2.79. The Hall–Kier alpha value is -3.24. The number of carbonyl (C=O) groups is 1. The molecule has 4 heteroatoms. The second-order valence-electron chi connectivity index (χ2n) is 7.06. The summed E-state index contributed by atoms with van der Waals surface area (Å²) in [5.41, 5.74) is 1.98. The molecule has 0 aliphatic carbocycles. The van der Waals surface area contributed by atoms with Gasteiger partial charge in [0.15, 0.2) is 6.10 Å². The number of hydrogen-bond donors (Lipinski definition) is 1. The van der Waals surface area contributed by atoms with Gasteiger partial charge in [-0.2, -0.15) is 0 Å². The molecule has 30 heavy (non-hydrogen) atoms. The van der Waals surface area contributed by atoms with Crippen LogP contribution in [0.4, 0.5) is 5.69 Å². The number of rotatable bonds is 7. The smallest absolute Gasteiger partial charge is 0.265 e. The second-order valence-corrected chi connectivity index (χ2v) is 8.11. The van der Waals surface area contributed by atoms with E-state index in [2.05, 4.69) is 23.5 Å². The van der Waals surface area contributed by atoms with Gasteiger partial charge in [-0.05, 0) is 59.7 Å². The zero-order valence-corrected chi connectivity index (χ0v) is 17.6. The predicted molar refractivity (Wildman–Crippen MR) is 125 cm³/mol. The highest BCUT2D eigenvalue weighted by Crippen LogP contribution is 2.24. The van der Waals surface area contributed by atoms with Gasteiger partial charge >= 0.3 is 0 Å². The first kappa shape index (κ1) is 20.0. The van der Waals surface area contributed by atoms with Crippen molar-refractivity contribution in [2.45, 2.75) is 23.7 Å². The van der Waals surface area contributed by atoms with Crippen molar-refractivity contribution in [3.05, 3.63) is 103 Å². The maximum atomic E-state index is 12.5. The monoisotopic (exact) mass is 413 g/mol. The topological polar surface area (TPSA) is 38.3 Å². The Morgan fingerprint density at radius 3 is 2.33 bits per heavy atom. The minimum Gasteiger partial charge on any atom is -0.481 e. The van der Waals surface area contributed by atoms with E-state index in [1.807, 2.05) is 78.9 Å². The number of anilines is 1. The summed E-state index contributed by atoms with van der Waals surface area (Å²) >= 11 is 1.79. The molecule has 4 aromatic carbocycles. The van der Waals surface area contributed by atoms with Gasteiger partial charge in [-0.25, -0.2) is 0 Å². The summed E-state index contributed by atoms with van der Waals surface area (Å²) in [5, 5.41) is 5.16. The standard InChI is InChI=1S/C26H23NO2S/c1-19(29-24-16-13-21-7-5-6-8-22(21)17-24)26(28)27-23-14-11-20(12-15-23)18-30-25-9-3-2-4-10-25/h2-17,19H,18H2,1H3,(H,27,28)/t19-/m1/s1. The molecule has 0 spiro atoms. The van der Waals surface area contributed by atoms with Crippen LogP contribution >= 0.6 is 11.8 Å². The second kappa shape index (κ2) is 9.51. The van der Waals surface area contributed by atoms with Crippen LogP contribution in [0.2, 0.25) is 0 Å². The highest BCUT2D eigenvalue weighted by molar-refractivity contribution is 7.98. The van der Waals surface area contributed by atoms with Crippen LogP contribution in [0.25, 0.3) is 10.8 Å². The van der Waals surface area contributed by atoms with Gasteiger partial charge in [0.05, 0.1) is 0 Å². The molecular formula is C26H23NO2S. The Bertz CT molecular complexity index is 1130. The molecule has 4 aromatic rings. The van der Waals surface area contributed by atoms with Crippen LogP contribution in [-0.2, 0) is 10.5 Å². The van der Waals surface area contributed by atoms with Crippen molar-refractivity contribution in [1.82, 2.24) is 0 Å². The van der Waals surface area contributed by atoms with Crippen molar-refractivity contribution in [1.29, 1.82) is 0 Å². The third-order valence-electron chi connectivity index (χ3n) is 4.77. The molecule has 0 unspecified atom stereocenters. The van der Waals surface area contributed by atoms with Crippen molar-refractivity contribution in [3.8, 4) is 5.75 Å². The quantitative estimate of drug-likeness (QED) is 0.350. The molecule has 0 saturated heterocycles. The lowest BCUT2D eigenvalue weighted by atomic mass is 10.1. The summed E-state index contributed by atoms with van der Waals surface area (Å²) in [6, 6.07) is 32.2. The SMILES string of the molecule is C[C@@H](Oc1ccc2ccccc2c1)C(=O)Nc1ccc(CSc2ccccc2)cc1. The van der Waals surface area contributed by atoms with Crippen molar-refractivity contribution < 1.29 is 9.53 Å². The van der Waals surface area contributed by atoms with Crippen molar-refractivity contribution in [2.75, 3.05) is 5.32 Å². The van der Waals surface area contributed by atoms with Crippen LogP contribution < -0.4 is 10.1 Å². The Kier molecular flexibility index (Phi) is 6.35. The summed E-state index contributed by atoms with van der Waals surface area (Å²) in [5.74, 6) is 1.40. The largest absolute Gasteiger partial charge is 0.481 e. The Morgan fingerprint density at radius 1 is 0.867 bits per heavy atom. The maximum Gasteiger partial charge on any atom is 0.265 e. The third kappa shape index (κ3) is 5.22. The van der Waals surface area contributed by atoms with Crippen LogP contribution in [0, 0.1) is 0 Å². The highest BCUT2D eigenvalue weighted by atomic mass is 32.2. The summed E-state index contributed by atoms with van der Waals surface area (Å²) < 4.78 is 5.85. The number of carbonyl (C=O) groups excluding carboxylic acids is 1. The molecule has 0 aromatic heterocycles. The molecule has 0 aliphatic heterocycles. The van der Waals surface area contributed by atoms with E-state index in [1.54, 1.807) is 18.7 Å². The zero-order valence-electron chi connectivity index (χ0n) is 16.7. The summed E-state index contributed by atoms with van der Waals surface area (Å²) in [4.78, 5) is 13.8. The number of ether oxygens (including phenoxy) is 1. The Morgan fingerprint density at radius 2 is 1.57 bits per heavy atom. The number of hydrogen-bond acceptors (Lipinski definition) is 3. The first-order valence-electron chi connectivity index (χ1n) is 9.90. The molecule has 0 heterocycles. The molecule has 0 bridgehead atoms. The van der Waals surface area contributed by atoms with Gasteiger partial charge in [-0.15, -0.1) is 11.8 Å². The Labute approximate surface area is 181 Å². The molecule has 4 rings (SSSR count). The van der Waals surface area contributed by atoms with E-state index >= 15 is 0 Å². The molecule has 1 atom stereocenters. The van der Waals surface area contributed by atoms with Crippen molar-refractivity contribution in [2.24, 2.45) is 0 Å². The van der Waals surface area contributed by atoms with Crippen molar-refractivity contribution in [3.63, 3.8) is 0 Å². The lowest BCUT2D eigenvalue weighted by Crippen LogP contribution is -2.30. The first-order valence-corrected chi connectivity index (χ1v) is 10.9. The van der Waals surface area contributed by atoms with E-state index in [0.29, 0.717) is 5.75 Å². The van der Waals surface area contributed by atoms with Crippen LogP contribution in [0.5, 0.6) is 5.75 Å². The lowest BCUT2D eigenvalue weighted by molar-refractivity contribution is -0.122. The van der Waals surface area contributed by atoms with Crippen LogP contribution in [-0.4, -0.2) is 12.0 Å². The van der Waals surface area contributed by atoms with Gasteiger partial charge in [-0.1, -0.05) is 60.7 Å². The van der Waals surface area contributed by atoms with E-state index in [9.17, 15) is 4.79 Å². The van der Waals surface area contributed by atoms with Gasteiger partial charge < -0.3 is 10.1 Å². The molecule has 0 fully saturated rings. The number of thioether (sulfide) groups is 1. The third-order valence-corrected chi connectivity index (χ3v) is 5.86. The first-order chi connectivity index (χ1) is 14.7. The molecule has 0 saturated carbocycles. The summed E-state index contributed by atoms with van der Waals surface area (Å²) in [6.07, 6.45) is -0.598. The predicted octanol–water partition coefficient (Wildman–Crippen LogP) is 6.54. The van der Waals surface area contributed by atoms with Crippen molar-refractivity contribution >= 4 is 34.1 Å². The fourth-order valence-electron chi connectivity index (χ4n) is 3.11. The minimum atomic E-state index is -0.598. The summed E-state index contributed by atoms with van der Waals surface area (Å²) in [6.45, 7) is 1.76. The summed E-state index contributed by atoms with van der Waals surface area (Å²) in [7, 11) is 0. The van der Waals surface area contributed by atoms with E-state index in [1.165, 1.54) is 10.5 Å². The lowest BCUT2D eigenvalue weighted by Gasteiger charge is -2.15. The molecule has 1 amide bonds. The highest BCUT2D eigenvalue weighted by Gasteiger charge is 2.15. The fourth-order valence-corrected chi connectivity index (χ4v) is 3.99. The number of fused-ring (bicyclic) bond motifs is 1. The molecule has 3 nitrogen and oxygen atoms in total. The van der Waals surface area contributed by atoms with E-state index in [4.69, 9.17) is 4.74 Å². The van der Waals surface area contributed by atoms with E-state index in [-0.39, 0.29) is 5.91 Å². The van der Waals surface area contributed by atoms with E-state index < -0.39 is 6.10 Å². The number of amides is 1. The molecule has 1 N–H and O–H groups in total. The maximum absolute atomic E-state index is 12.5. The Balaban J connectivity index is 1.32. The molecule has 0 aliphatic rings. The van der Waals surface area contributed by atoms with Gasteiger partial charge in [-0.3, -0.25) is 4.79 Å². The van der Waals surface area contributed by atoms with Crippen LogP contribution in [0.15, 0.2) is 102 Å². The van der Waals surface area contributed by atoms with Gasteiger partial charge in [0.2, 0.25) is 0 Å². The normalized spacial score (nSPS) is 11.8. The van der Waals surface area contributed by atoms with Gasteiger partial charge in [0.25, 0.3) is 5.91 Å². The van der Waals surface area contributed by atoms with Gasteiger partial charge in [0, 0.05) is 16.3 Å². The van der Waals surface area contributed by atoms with Gasteiger partial charge in [0.1, 0.15) is 5.75 Å². The minimum absolute atomic E-state index is 0.172. The zero-order chi connectivity index (χ0) is 20.8. The molecular weight excluding hydrogens is 390 g/mol. The number of nitrogens with one attached hydrogen (secondary N) is 1.